The average Bonchev–Trinajstić information content (AvgIpc) is 2.51. The average molecular weight is 178 g/mol. The maximum atomic E-state index is 5.76. The number of fused-ring (bicyclic) bond motifs is 1. The van der Waals surface area contributed by atoms with Gasteiger partial charge in [0.05, 0.1) is 12.1 Å². The monoisotopic (exact) mass is 178 g/mol. The highest BCUT2D eigenvalue weighted by molar-refractivity contribution is 5.68. The van der Waals surface area contributed by atoms with Crippen LogP contribution in [0.15, 0.2) is 29.0 Å². The topological polar surface area (TPSA) is 47.6 Å². The molecule has 0 aromatic heterocycles. The van der Waals surface area contributed by atoms with Crippen molar-refractivity contribution in [2.24, 2.45) is 16.8 Å². The van der Waals surface area contributed by atoms with Crippen LogP contribution in [0.2, 0.25) is 0 Å². The maximum Gasteiger partial charge on any atom is 0.157 e. The Balaban J connectivity index is 2.12. The Morgan fingerprint density at radius 1 is 1.69 bits per heavy atom. The largest absolute Gasteiger partial charge is 0.388 e. The smallest absolute Gasteiger partial charge is 0.157 e. The molecule has 1 aliphatic heterocycles. The second-order valence-electron chi connectivity index (χ2n) is 3.66. The van der Waals surface area contributed by atoms with Crippen LogP contribution in [0.4, 0.5) is 0 Å². The van der Waals surface area contributed by atoms with Gasteiger partial charge in [0.1, 0.15) is 0 Å². The lowest BCUT2D eigenvalue weighted by Gasteiger charge is -2.20. The minimum absolute atomic E-state index is 0.110. The van der Waals surface area contributed by atoms with Crippen LogP contribution in [0.1, 0.15) is 13.3 Å². The van der Waals surface area contributed by atoms with Crippen molar-refractivity contribution >= 4 is 6.21 Å². The van der Waals surface area contributed by atoms with Crippen molar-refractivity contribution < 1.29 is 4.84 Å². The number of nitrogens with zero attached hydrogens (tertiary/aromatic N) is 1. The summed E-state index contributed by atoms with van der Waals surface area (Å²) in [5.41, 5.74) is 7.08. The normalized spacial score (nSPS) is 32.3. The number of rotatable bonds is 2. The summed E-state index contributed by atoms with van der Waals surface area (Å²) >= 11 is 0. The van der Waals surface area contributed by atoms with Crippen LogP contribution in [0.3, 0.4) is 0 Å². The fourth-order valence-electron chi connectivity index (χ4n) is 1.76. The molecule has 2 N–H and O–H groups in total. The molecule has 2 rings (SSSR count). The Morgan fingerprint density at radius 3 is 3.31 bits per heavy atom. The van der Waals surface area contributed by atoms with Gasteiger partial charge in [-0.15, -0.1) is 0 Å². The van der Waals surface area contributed by atoms with Crippen LogP contribution >= 0.6 is 0 Å². The van der Waals surface area contributed by atoms with E-state index in [2.05, 4.69) is 11.2 Å². The molecule has 0 fully saturated rings. The molecular formula is C10H14N2O. The Labute approximate surface area is 77.9 Å². The predicted molar refractivity (Wildman–Crippen MR) is 52.3 cm³/mol. The first-order valence-corrected chi connectivity index (χ1v) is 4.59. The minimum Gasteiger partial charge on any atom is -0.388 e. The van der Waals surface area contributed by atoms with Crippen LogP contribution in [-0.4, -0.2) is 18.4 Å². The molecule has 3 atom stereocenters. The molecule has 13 heavy (non-hydrogen) atoms. The fraction of sp³-hybridized carbons (Fsp3) is 0.500. The van der Waals surface area contributed by atoms with Gasteiger partial charge in [-0.2, -0.15) is 0 Å². The van der Waals surface area contributed by atoms with Gasteiger partial charge >= 0.3 is 0 Å². The summed E-state index contributed by atoms with van der Waals surface area (Å²) in [5, 5.41) is 3.83. The highest BCUT2D eigenvalue weighted by Gasteiger charge is 2.29. The second-order valence-corrected chi connectivity index (χ2v) is 3.66. The predicted octanol–water partition coefficient (Wildman–Crippen LogP) is 1.22. The molecule has 0 bridgehead atoms. The van der Waals surface area contributed by atoms with E-state index >= 15 is 0 Å². The molecule has 0 saturated heterocycles. The summed E-state index contributed by atoms with van der Waals surface area (Å²) in [6, 6.07) is 0.201. The number of hydrogen-bond donors (Lipinski definition) is 1. The summed E-state index contributed by atoms with van der Waals surface area (Å²) in [6.07, 6.45) is 9.06. The van der Waals surface area contributed by atoms with Crippen LogP contribution in [0, 0.1) is 5.92 Å². The van der Waals surface area contributed by atoms with E-state index in [0.29, 0.717) is 5.92 Å². The van der Waals surface area contributed by atoms with Gasteiger partial charge in [-0.05, 0) is 19.4 Å². The highest BCUT2D eigenvalue weighted by atomic mass is 16.6. The molecule has 0 aromatic rings. The molecule has 3 heteroatoms. The number of hydrogen-bond acceptors (Lipinski definition) is 3. The third-order valence-electron chi connectivity index (χ3n) is 2.35. The molecule has 0 aromatic carbocycles. The SMILES string of the molecule is CC(N)CC1=CC=CC2ON=CC12. The van der Waals surface area contributed by atoms with E-state index in [4.69, 9.17) is 10.6 Å². The van der Waals surface area contributed by atoms with E-state index in [-0.39, 0.29) is 12.1 Å². The summed E-state index contributed by atoms with van der Waals surface area (Å²) in [7, 11) is 0. The summed E-state index contributed by atoms with van der Waals surface area (Å²) in [4.78, 5) is 5.17. The van der Waals surface area contributed by atoms with Crippen LogP contribution in [0.5, 0.6) is 0 Å². The maximum absolute atomic E-state index is 5.76. The second kappa shape index (κ2) is 3.34. The summed E-state index contributed by atoms with van der Waals surface area (Å²) in [6.45, 7) is 2.01. The van der Waals surface area contributed by atoms with Crippen molar-refractivity contribution in [2.45, 2.75) is 25.5 Å². The van der Waals surface area contributed by atoms with Crippen molar-refractivity contribution in [3.05, 3.63) is 23.8 Å². The van der Waals surface area contributed by atoms with Gasteiger partial charge in [-0.3, -0.25) is 0 Å². The van der Waals surface area contributed by atoms with Crippen molar-refractivity contribution in [3.63, 3.8) is 0 Å². The van der Waals surface area contributed by atoms with E-state index < -0.39 is 0 Å². The third-order valence-corrected chi connectivity index (χ3v) is 2.35. The molecule has 0 amide bonds. The molecule has 1 aliphatic carbocycles. The molecule has 2 aliphatic rings. The molecule has 0 radical (unpaired) electrons. The zero-order valence-corrected chi connectivity index (χ0v) is 7.68. The quantitative estimate of drug-likeness (QED) is 0.691. The first-order chi connectivity index (χ1) is 6.27. The zero-order chi connectivity index (χ0) is 9.26. The van der Waals surface area contributed by atoms with Crippen molar-refractivity contribution in [1.29, 1.82) is 0 Å². The minimum atomic E-state index is 0.110. The van der Waals surface area contributed by atoms with Crippen molar-refractivity contribution in [3.8, 4) is 0 Å². The van der Waals surface area contributed by atoms with Crippen molar-refractivity contribution in [1.82, 2.24) is 0 Å². The van der Waals surface area contributed by atoms with Crippen LogP contribution in [0.25, 0.3) is 0 Å². The standard InChI is InChI=1S/C10H14N2O/c1-7(11)5-8-3-2-4-10-9(8)6-12-13-10/h2-4,6-7,9-10H,5,11H2,1H3. The fourth-order valence-corrected chi connectivity index (χ4v) is 1.76. The van der Waals surface area contributed by atoms with Gasteiger partial charge in [-0.1, -0.05) is 22.9 Å². The summed E-state index contributed by atoms with van der Waals surface area (Å²) < 4.78 is 0. The van der Waals surface area contributed by atoms with Gasteiger partial charge in [0.15, 0.2) is 6.10 Å². The molecule has 3 nitrogen and oxygen atoms in total. The highest BCUT2D eigenvalue weighted by Crippen LogP contribution is 2.28. The Bertz CT molecular complexity index is 279. The molecular weight excluding hydrogens is 164 g/mol. The van der Waals surface area contributed by atoms with E-state index in [9.17, 15) is 0 Å². The first kappa shape index (κ1) is 8.51. The van der Waals surface area contributed by atoms with E-state index in [1.165, 1.54) is 5.57 Å². The molecule has 3 unspecified atom stereocenters. The van der Waals surface area contributed by atoms with Crippen LogP contribution < -0.4 is 5.73 Å². The molecule has 0 saturated carbocycles. The molecule has 70 valence electrons. The lowest BCUT2D eigenvalue weighted by Crippen LogP contribution is -2.25. The van der Waals surface area contributed by atoms with Gasteiger partial charge in [0, 0.05) is 6.04 Å². The number of allylic oxidation sites excluding steroid dienone is 2. The number of nitrogens with two attached hydrogens (primary N) is 1. The van der Waals surface area contributed by atoms with Gasteiger partial charge < -0.3 is 10.6 Å². The van der Waals surface area contributed by atoms with Crippen molar-refractivity contribution in [2.75, 3.05) is 0 Å². The number of oxime groups is 1. The van der Waals surface area contributed by atoms with Gasteiger partial charge in [0.2, 0.25) is 0 Å². The third kappa shape index (κ3) is 1.65. The lowest BCUT2D eigenvalue weighted by atomic mass is 9.87. The zero-order valence-electron chi connectivity index (χ0n) is 7.68. The van der Waals surface area contributed by atoms with E-state index in [1.54, 1.807) is 0 Å². The van der Waals surface area contributed by atoms with Gasteiger partial charge in [0.25, 0.3) is 0 Å². The van der Waals surface area contributed by atoms with E-state index in [0.717, 1.165) is 6.42 Å². The van der Waals surface area contributed by atoms with E-state index in [1.807, 2.05) is 25.3 Å². The van der Waals surface area contributed by atoms with Crippen LogP contribution in [-0.2, 0) is 4.84 Å². The Hall–Kier alpha value is -1.09. The lowest BCUT2D eigenvalue weighted by molar-refractivity contribution is 0.102. The Kier molecular flexibility index (Phi) is 2.19. The summed E-state index contributed by atoms with van der Waals surface area (Å²) in [5.74, 6) is 0.316. The van der Waals surface area contributed by atoms with Gasteiger partial charge in [-0.25, -0.2) is 0 Å². The molecule has 1 heterocycles. The Morgan fingerprint density at radius 2 is 2.54 bits per heavy atom. The first-order valence-electron chi connectivity index (χ1n) is 4.59. The molecule has 0 spiro atoms.